The topological polar surface area (TPSA) is 46.5 Å². The summed E-state index contributed by atoms with van der Waals surface area (Å²) in [7, 11) is 0. The minimum absolute atomic E-state index is 0.505. The van der Waals surface area contributed by atoms with E-state index in [0.717, 1.165) is 0 Å². The van der Waals surface area contributed by atoms with Crippen LogP contribution >= 0.6 is 12.6 Å². The molecule has 3 nitrogen and oxygen atoms in total. The molecule has 1 rings (SSSR count). The lowest BCUT2D eigenvalue weighted by Crippen LogP contribution is -2.38. The Morgan fingerprint density at radius 2 is 2.00 bits per heavy atom. The first-order valence-corrected chi connectivity index (χ1v) is 3.63. The molecule has 0 bridgehead atoms. The molecule has 1 fully saturated rings. The number of ether oxygens (including phenoxy) is 1. The zero-order valence-electron chi connectivity index (χ0n) is 5.54. The molecule has 1 aliphatic rings. The highest BCUT2D eigenvalue weighted by atomic mass is 32.1. The first-order valence-electron chi connectivity index (χ1n) is 3.19. The van der Waals surface area contributed by atoms with E-state index in [-0.39, 0.29) is 0 Å². The fourth-order valence-electron chi connectivity index (χ4n) is 0.923. The van der Waals surface area contributed by atoms with E-state index in [1.165, 1.54) is 0 Å². The number of rotatable bonds is 1. The van der Waals surface area contributed by atoms with E-state index in [9.17, 15) is 4.79 Å². The van der Waals surface area contributed by atoms with Crippen LogP contribution in [0.5, 0.6) is 0 Å². The normalized spacial score (nSPS) is 24.1. The van der Waals surface area contributed by atoms with Gasteiger partial charge in [0, 0.05) is 13.2 Å². The van der Waals surface area contributed by atoms with Crippen molar-refractivity contribution in [2.75, 3.05) is 13.2 Å². The van der Waals surface area contributed by atoms with Gasteiger partial charge in [0.2, 0.25) is 0 Å². The van der Waals surface area contributed by atoms with E-state index in [4.69, 9.17) is 9.84 Å². The highest BCUT2D eigenvalue weighted by Crippen LogP contribution is 2.27. The lowest BCUT2D eigenvalue weighted by atomic mass is 10.00. The highest BCUT2D eigenvalue weighted by Gasteiger charge is 2.36. The molecule has 0 atom stereocenters. The molecule has 10 heavy (non-hydrogen) atoms. The quantitative estimate of drug-likeness (QED) is 0.553. The minimum Gasteiger partial charge on any atom is -0.480 e. The Morgan fingerprint density at radius 1 is 1.50 bits per heavy atom. The molecule has 0 unspecified atom stereocenters. The number of aliphatic carboxylic acids is 1. The van der Waals surface area contributed by atoms with Crippen molar-refractivity contribution in [2.45, 2.75) is 17.6 Å². The Hall–Kier alpha value is -0.220. The van der Waals surface area contributed by atoms with Gasteiger partial charge in [0.25, 0.3) is 0 Å². The van der Waals surface area contributed by atoms with Crippen molar-refractivity contribution in [2.24, 2.45) is 0 Å². The maximum atomic E-state index is 10.5. The van der Waals surface area contributed by atoms with Crippen LogP contribution in [0.3, 0.4) is 0 Å². The van der Waals surface area contributed by atoms with Crippen LogP contribution in [0.15, 0.2) is 0 Å². The van der Waals surface area contributed by atoms with Crippen LogP contribution in [0.1, 0.15) is 12.8 Å². The Bertz CT molecular complexity index is 140. The van der Waals surface area contributed by atoms with Crippen molar-refractivity contribution < 1.29 is 14.6 Å². The lowest BCUT2D eigenvalue weighted by molar-refractivity contribution is -0.142. The van der Waals surface area contributed by atoms with Gasteiger partial charge in [0.15, 0.2) is 0 Å². The average Bonchev–Trinajstić information content (AvgIpc) is 1.89. The van der Waals surface area contributed by atoms with Gasteiger partial charge < -0.3 is 9.84 Å². The Balaban J connectivity index is 2.56. The smallest absolute Gasteiger partial charge is 0.319 e. The van der Waals surface area contributed by atoms with Crippen LogP contribution in [0.4, 0.5) is 0 Å². The van der Waals surface area contributed by atoms with Crippen molar-refractivity contribution in [3.05, 3.63) is 0 Å². The second kappa shape index (κ2) is 2.80. The predicted molar refractivity (Wildman–Crippen MR) is 39.4 cm³/mol. The average molecular weight is 162 g/mol. The fourth-order valence-corrected chi connectivity index (χ4v) is 1.11. The van der Waals surface area contributed by atoms with Gasteiger partial charge in [-0.15, -0.1) is 0 Å². The number of hydrogen-bond donors (Lipinski definition) is 2. The van der Waals surface area contributed by atoms with Crippen LogP contribution in [-0.4, -0.2) is 29.0 Å². The van der Waals surface area contributed by atoms with Crippen LogP contribution in [0.25, 0.3) is 0 Å². The Kier molecular flexibility index (Phi) is 2.21. The molecule has 1 N–H and O–H groups in total. The number of thiol groups is 1. The second-order valence-corrected chi connectivity index (χ2v) is 3.31. The summed E-state index contributed by atoms with van der Waals surface area (Å²) < 4.78 is 4.17. The van der Waals surface area contributed by atoms with E-state index < -0.39 is 10.7 Å². The molecule has 0 saturated carbocycles. The molecule has 0 aliphatic carbocycles. The lowest BCUT2D eigenvalue weighted by Gasteiger charge is -2.27. The zero-order valence-corrected chi connectivity index (χ0v) is 6.43. The van der Waals surface area contributed by atoms with Crippen LogP contribution in [0, 0.1) is 0 Å². The summed E-state index contributed by atoms with van der Waals surface area (Å²) in [5.41, 5.74) is 0. The van der Waals surface area contributed by atoms with Gasteiger partial charge in [0.05, 0.1) is 0 Å². The predicted octanol–water partition coefficient (Wildman–Crippen LogP) is 0.550. The largest absolute Gasteiger partial charge is 0.480 e. The summed E-state index contributed by atoms with van der Waals surface area (Å²) in [5.74, 6) is -0.834. The van der Waals surface area contributed by atoms with Gasteiger partial charge in [-0.1, -0.05) is 0 Å². The second-order valence-electron chi connectivity index (χ2n) is 2.45. The van der Waals surface area contributed by atoms with Crippen molar-refractivity contribution in [1.82, 2.24) is 0 Å². The first-order chi connectivity index (χ1) is 4.65. The Labute approximate surface area is 64.8 Å². The van der Waals surface area contributed by atoms with Gasteiger partial charge in [-0.05, 0) is 12.8 Å². The van der Waals surface area contributed by atoms with Crippen molar-refractivity contribution in [3.63, 3.8) is 0 Å². The zero-order chi connectivity index (χ0) is 7.61. The molecule has 0 spiro atoms. The van der Waals surface area contributed by atoms with Gasteiger partial charge in [-0.2, -0.15) is 12.6 Å². The molecule has 4 heteroatoms. The standard InChI is InChI=1S/C6H10O3S/c7-5(8)6(10)1-3-9-4-2-6/h10H,1-4H2,(H,7,8). The molecular formula is C6H10O3S. The number of hydrogen-bond acceptors (Lipinski definition) is 3. The summed E-state index contributed by atoms with van der Waals surface area (Å²) in [6.07, 6.45) is 1.01. The third kappa shape index (κ3) is 1.44. The van der Waals surface area contributed by atoms with E-state index in [0.29, 0.717) is 26.1 Å². The van der Waals surface area contributed by atoms with E-state index >= 15 is 0 Å². The molecule has 0 aromatic rings. The maximum absolute atomic E-state index is 10.5. The fraction of sp³-hybridized carbons (Fsp3) is 0.833. The van der Waals surface area contributed by atoms with Crippen molar-refractivity contribution in [3.8, 4) is 0 Å². The van der Waals surface area contributed by atoms with E-state index in [1.54, 1.807) is 0 Å². The molecule has 0 aromatic carbocycles. The number of carbonyl (C=O) groups is 1. The van der Waals surface area contributed by atoms with Crippen LogP contribution < -0.4 is 0 Å². The molecule has 58 valence electrons. The van der Waals surface area contributed by atoms with Crippen LogP contribution in [0.2, 0.25) is 0 Å². The molecule has 0 amide bonds. The summed E-state index contributed by atoms with van der Waals surface area (Å²) in [6.45, 7) is 1.02. The van der Waals surface area contributed by atoms with Gasteiger partial charge in [-0.25, -0.2) is 0 Å². The summed E-state index contributed by atoms with van der Waals surface area (Å²) in [6, 6.07) is 0. The van der Waals surface area contributed by atoms with Gasteiger partial charge >= 0.3 is 5.97 Å². The molecule has 1 aliphatic heterocycles. The maximum Gasteiger partial charge on any atom is 0.319 e. The molecule has 0 radical (unpaired) electrons. The Morgan fingerprint density at radius 3 is 2.30 bits per heavy atom. The van der Waals surface area contributed by atoms with Gasteiger partial charge in [-0.3, -0.25) is 4.79 Å². The molecule has 1 saturated heterocycles. The summed E-state index contributed by atoms with van der Waals surface area (Å²) in [5, 5.41) is 8.67. The molecule has 1 heterocycles. The third-order valence-electron chi connectivity index (χ3n) is 1.72. The monoisotopic (exact) mass is 162 g/mol. The third-order valence-corrected chi connectivity index (χ3v) is 2.36. The molecule has 0 aromatic heterocycles. The molecular weight excluding hydrogens is 152 g/mol. The minimum atomic E-state index is -0.835. The summed E-state index contributed by atoms with van der Waals surface area (Å²) in [4.78, 5) is 10.5. The van der Waals surface area contributed by atoms with Crippen molar-refractivity contribution in [1.29, 1.82) is 0 Å². The van der Waals surface area contributed by atoms with Crippen LogP contribution in [-0.2, 0) is 9.53 Å². The number of carboxylic acid groups (broad SMARTS) is 1. The number of carboxylic acids is 1. The van der Waals surface area contributed by atoms with Crippen molar-refractivity contribution >= 4 is 18.6 Å². The SMILES string of the molecule is O=C(O)C1(S)CCOCC1. The summed E-state index contributed by atoms with van der Waals surface area (Å²) >= 11 is 4.07. The van der Waals surface area contributed by atoms with E-state index in [2.05, 4.69) is 12.6 Å². The highest BCUT2D eigenvalue weighted by molar-refractivity contribution is 7.82. The van der Waals surface area contributed by atoms with Gasteiger partial charge in [0.1, 0.15) is 4.75 Å². The first kappa shape index (κ1) is 7.88. The van der Waals surface area contributed by atoms with E-state index in [1.807, 2.05) is 0 Å².